The molecule has 11 heavy (non-hydrogen) atoms. The van der Waals surface area contributed by atoms with Crippen molar-refractivity contribution in [1.82, 2.24) is 3.97 Å². The Hall–Kier alpha value is -0.160. The highest BCUT2D eigenvalue weighted by Crippen LogP contribution is 2.23. The fourth-order valence-electron chi connectivity index (χ4n) is 1.12. The number of benzene rings is 1. The zero-order valence-electron chi connectivity index (χ0n) is 5.70. The van der Waals surface area contributed by atoms with Crippen LogP contribution in [0, 0.1) is 0 Å². The van der Waals surface area contributed by atoms with Gasteiger partial charge in [-0.1, -0.05) is 18.2 Å². The van der Waals surface area contributed by atoms with Gasteiger partial charge in [-0.25, -0.2) is 0 Å². The van der Waals surface area contributed by atoms with E-state index in [9.17, 15) is 0 Å². The van der Waals surface area contributed by atoms with Crippen LogP contribution in [-0.4, -0.2) is 3.97 Å². The Labute approximate surface area is 81.5 Å². The Morgan fingerprint density at radius 1 is 1.18 bits per heavy atom. The van der Waals surface area contributed by atoms with Crippen LogP contribution in [0.4, 0.5) is 0 Å². The van der Waals surface area contributed by atoms with Crippen LogP contribution in [0.15, 0.2) is 36.5 Å². The Morgan fingerprint density at radius 3 is 2.82 bits per heavy atom. The maximum absolute atomic E-state index is 2.28. The number of hydrogen-bond acceptors (Lipinski definition) is 1. The van der Waals surface area contributed by atoms with Crippen LogP contribution in [0.5, 0.6) is 0 Å². The molecule has 0 fully saturated rings. The maximum Gasteiger partial charge on any atom is 0.0598 e. The standard InChI is InChI=1S/C8H6INS/c9-11-10-6-5-7-3-1-2-4-8(7)10/h1-6H. The Kier molecular flexibility index (Phi) is 2.09. The molecule has 0 bridgehead atoms. The lowest BCUT2D eigenvalue weighted by molar-refractivity contribution is 1.37. The first kappa shape index (κ1) is 7.49. The van der Waals surface area contributed by atoms with Gasteiger partial charge in [0.1, 0.15) is 0 Å². The van der Waals surface area contributed by atoms with E-state index in [0.717, 1.165) is 0 Å². The van der Waals surface area contributed by atoms with Gasteiger partial charge in [-0.15, -0.1) is 0 Å². The minimum absolute atomic E-state index is 1.28. The van der Waals surface area contributed by atoms with Crippen LogP contribution in [0.2, 0.25) is 0 Å². The fourth-order valence-corrected chi connectivity index (χ4v) is 2.50. The van der Waals surface area contributed by atoms with Crippen LogP contribution in [0.25, 0.3) is 10.9 Å². The fraction of sp³-hybridized carbons (Fsp3) is 0. The molecule has 56 valence electrons. The molecule has 0 unspecified atom stereocenters. The molecule has 0 radical (unpaired) electrons. The first-order valence-electron chi connectivity index (χ1n) is 3.27. The monoisotopic (exact) mass is 275 g/mol. The van der Waals surface area contributed by atoms with E-state index in [1.54, 1.807) is 9.12 Å². The predicted octanol–water partition coefficient (Wildman–Crippen LogP) is 3.49. The summed E-state index contributed by atoms with van der Waals surface area (Å²) in [7, 11) is 1.69. The van der Waals surface area contributed by atoms with Gasteiger partial charge in [-0.05, 0) is 12.1 Å². The summed E-state index contributed by atoms with van der Waals surface area (Å²) >= 11 is 2.28. The summed E-state index contributed by atoms with van der Waals surface area (Å²) in [6.45, 7) is 0. The number of halogens is 1. The van der Waals surface area contributed by atoms with Crippen LogP contribution in [0.3, 0.4) is 0 Å². The van der Waals surface area contributed by atoms with Gasteiger partial charge in [0.05, 0.1) is 5.52 Å². The minimum atomic E-state index is 1.28. The summed E-state index contributed by atoms with van der Waals surface area (Å²) in [5.41, 5.74) is 1.28. The van der Waals surface area contributed by atoms with E-state index in [0.29, 0.717) is 0 Å². The number of aromatic nitrogens is 1. The largest absolute Gasteiger partial charge is 0.283 e. The van der Waals surface area contributed by atoms with E-state index >= 15 is 0 Å². The first-order chi connectivity index (χ1) is 5.42. The highest BCUT2D eigenvalue weighted by Gasteiger charge is 1.96. The van der Waals surface area contributed by atoms with Gasteiger partial charge < -0.3 is 0 Å². The van der Waals surface area contributed by atoms with Crippen molar-refractivity contribution in [3.63, 3.8) is 0 Å². The van der Waals surface area contributed by atoms with Crippen LogP contribution >= 0.6 is 30.3 Å². The predicted molar refractivity (Wildman–Crippen MR) is 58.9 cm³/mol. The molecule has 1 aromatic heterocycles. The minimum Gasteiger partial charge on any atom is -0.283 e. The molecule has 0 N–H and O–H groups in total. The van der Waals surface area contributed by atoms with Crippen molar-refractivity contribution in [2.45, 2.75) is 0 Å². The van der Waals surface area contributed by atoms with Gasteiger partial charge in [0.2, 0.25) is 0 Å². The zero-order chi connectivity index (χ0) is 7.68. The van der Waals surface area contributed by atoms with Crippen molar-refractivity contribution in [3.05, 3.63) is 36.5 Å². The van der Waals surface area contributed by atoms with Crippen LogP contribution in [-0.2, 0) is 0 Å². The van der Waals surface area contributed by atoms with E-state index in [4.69, 9.17) is 0 Å². The lowest BCUT2D eigenvalue weighted by Gasteiger charge is -1.95. The molecule has 1 aromatic carbocycles. The summed E-state index contributed by atoms with van der Waals surface area (Å²) in [6.07, 6.45) is 2.09. The molecule has 1 nitrogen and oxygen atoms in total. The summed E-state index contributed by atoms with van der Waals surface area (Å²) in [6, 6.07) is 10.5. The first-order valence-corrected chi connectivity index (χ1v) is 6.58. The number of para-hydroxylation sites is 1. The van der Waals surface area contributed by atoms with Crippen molar-refractivity contribution in [3.8, 4) is 0 Å². The second-order valence-corrected chi connectivity index (χ2v) is 3.98. The zero-order valence-corrected chi connectivity index (χ0v) is 8.67. The van der Waals surface area contributed by atoms with Gasteiger partial charge in [0.25, 0.3) is 0 Å². The molecule has 0 aliphatic heterocycles. The third-order valence-corrected chi connectivity index (χ3v) is 3.38. The molecule has 3 heteroatoms. The van der Waals surface area contributed by atoms with E-state index in [1.165, 1.54) is 10.9 Å². The smallest absolute Gasteiger partial charge is 0.0598 e. The quantitative estimate of drug-likeness (QED) is 0.721. The molecule has 2 aromatic rings. The number of rotatable bonds is 1. The number of hydrogen-bond donors (Lipinski definition) is 0. The SMILES string of the molecule is ISn1ccc2ccccc21. The van der Waals surface area contributed by atoms with Crippen molar-refractivity contribution >= 4 is 41.2 Å². The molecule has 0 saturated carbocycles. The molecule has 1 heterocycles. The Bertz CT molecular complexity index is 369. The third kappa shape index (κ3) is 1.27. The Morgan fingerprint density at radius 2 is 2.00 bits per heavy atom. The molecule has 0 saturated heterocycles. The van der Waals surface area contributed by atoms with E-state index in [-0.39, 0.29) is 0 Å². The molecule has 0 aliphatic rings. The van der Waals surface area contributed by atoms with E-state index in [2.05, 4.69) is 61.7 Å². The van der Waals surface area contributed by atoms with Gasteiger partial charge in [0.15, 0.2) is 0 Å². The topological polar surface area (TPSA) is 4.93 Å². The molecule has 0 spiro atoms. The normalized spacial score (nSPS) is 10.6. The van der Waals surface area contributed by atoms with Crippen molar-refractivity contribution in [1.29, 1.82) is 0 Å². The Balaban J connectivity index is 2.76. The highest BCUT2D eigenvalue weighted by atomic mass is 127. The molecular weight excluding hydrogens is 269 g/mol. The summed E-state index contributed by atoms with van der Waals surface area (Å²) in [5.74, 6) is 0. The number of fused-ring (bicyclic) bond motifs is 1. The average Bonchev–Trinajstić information content (AvgIpc) is 2.47. The molecule has 0 atom stereocenters. The lowest BCUT2D eigenvalue weighted by Crippen LogP contribution is -1.76. The summed E-state index contributed by atoms with van der Waals surface area (Å²) < 4.78 is 2.15. The van der Waals surface area contributed by atoms with Crippen molar-refractivity contribution < 1.29 is 0 Å². The van der Waals surface area contributed by atoms with Crippen molar-refractivity contribution in [2.24, 2.45) is 0 Å². The third-order valence-electron chi connectivity index (χ3n) is 1.64. The van der Waals surface area contributed by atoms with E-state index < -0.39 is 0 Å². The molecule has 2 rings (SSSR count). The van der Waals surface area contributed by atoms with Gasteiger partial charge >= 0.3 is 0 Å². The van der Waals surface area contributed by atoms with Gasteiger partial charge in [-0.2, -0.15) is 0 Å². The van der Waals surface area contributed by atoms with Gasteiger partial charge in [-0.3, -0.25) is 3.97 Å². The average molecular weight is 275 g/mol. The second kappa shape index (κ2) is 3.06. The van der Waals surface area contributed by atoms with Crippen LogP contribution < -0.4 is 0 Å². The molecular formula is C8H6INS. The summed E-state index contributed by atoms with van der Waals surface area (Å²) in [5, 5.41) is 1.30. The maximum atomic E-state index is 2.28. The van der Waals surface area contributed by atoms with Gasteiger partial charge in [0, 0.05) is 41.9 Å². The van der Waals surface area contributed by atoms with E-state index in [1.807, 2.05) is 0 Å². The second-order valence-electron chi connectivity index (χ2n) is 2.27. The highest BCUT2D eigenvalue weighted by molar-refractivity contribution is 14.2. The molecule has 0 amide bonds. The summed E-state index contributed by atoms with van der Waals surface area (Å²) in [4.78, 5) is 0. The van der Waals surface area contributed by atoms with Crippen molar-refractivity contribution in [2.75, 3.05) is 0 Å². The lowest BCUT2D eigenvalue weighted by atomic mass is 10.3. The van der Waals surface area contributed by atoms with Crippen LogP contribution in [0.1, 0.15) is 0 Å². The molecule has 0 aliphatic carbocycles. The number of nitrogens with zero attached hydrogens (tertiary/aromatic N) is 1.